The van der Waals surface area contributed by atoms with E-state index < -0.39 is 11.9 Å². The SMILES string of the molecule is CC1CCC(C(=O)O)CN1C(=O)C1CCC(Nc2cnccn2)CC1. The third kappa shape index (κ3) is 4.27. The van der Waals surface area contributed by atoms with Crippen molar-refractivity contribution >= 4 is 17.7 Å². The highest BCUT2D eigenvalue weighted by Gasteiger charge is 2.36. The van der Waals surface area contributed by atoms with Crippen LogP contribution in [-0.2, 0) is 9.59 Å². The van der Waals surface area contributed by atoms with Gasteiger partial charge in [0.2, 0.25) is 5.91 Å². The molecule has 1 aliphatic carbocycles. The van der Waals surface area contributed by atoms with Crippen LogP contribution >= 0.6 is 0 Å². The molecule has 1 aliphatic heterocycles. The Morgan fingerprint density at radius 3 is 2.48 bits per heavy atom. The van der Waals surface area contributed by atoms with Gasteiger partial charge in [-0.05, 0) is 45.4 Å². The minimum atomic E-state index is -0.790. The summed E-state index contributed by atoms with van der Waals surface area (Å²) in [7, 11) is 0. The third-order valence-electron chi connectivity index (χ3n) is 5.51. The van der Waals surface area contributed by atoms with Crippen molar-refractivity contribution in [3.05, 3.63) is 18.6 Å². The summed E-state index contributed by atoms with van der Waals surface area (Å²) in [5.74, 6) is -0.297. The van der Waals surface area contributed by atoms with E-state index in [4.69, 9.17) is 0 Å². The predicted molar refractivity (Wildman–Crippen MR) is 92.9 cm³/mol. The van der Waals surface area contributed by atoms with E-state index in [2.05, 4.69) is 15.3 Å². The molecule has 7 heteroatoms. The molecule has 25 heavy (non-hydrogen) atoms. The van der Waals surface area contributed by atoms with Gasteiger partial charge >= 0.3 is 5.97 Å². The molecule has 0 bridgehead atoms. The van der Waals surface area contributed by atoms with E-state index in [9.17, 15) is 14.7 Å². The highest BCUT2D eigenvalue weighted by molar-refractivity contribution is 5.80. The van der Waals surface area contributed by atoms with Crippen molar-refractivity contribution in [1.82, 2.24) is 14.9 Å². The van der Waals surface area contributed by atoms with Gasteiger partial charge in [0.15, 0.2) is 0 Å². The lowest BCUT2D eigenvalue weighted by Gasteiger charge is -2.40. The van der Waals surface area contributed by atoms with Crippen LogP contribution in [0.5, 0.6) is 0 Å². The van der Waals surface area contributed by atoms with E-state index in [0.29, 0.717) is 19.0 Å². The Bertz CT molecular complexity index is 602. The molecule has 2 unspecified atom stereocenters. The quantitative estimate of drug-likeness (QED) is 0.867. The zero-order chi connectivity index (χ0) is 17.8. The van der Waals surface area contributed by atoms with E-state index in [0.717, 1.165) is 37.9 Å². The second-order valence-electron chi connectivity index (χ2n) is 7.24. The Labute approximate surface area is 147 Å². The molecule has 1 amide bonds. The van der Waals surface area contributed by atoms with E-state index in [1.807, 2.05) is 11.8 Å². The van der Waals surface area contributed by atoms with E-state index in [-0.39, 0.29) is 17.9 Å². The van der Waals surface area contributed by atoms with Gasteiger partial charge in [0, 0.05) is 36.9 Å². The fourth-order valence-corrected chi connectivity index (χ4v) is 3.92. The van der Waals surface area contributed by atoms with E-state index >= 15 is 0 Å². The molecule has 7 nitrogen and oxygen atoms in total. The van der Waals surface area contributed by atoms with Crippen LogP contribution in [0.2, 0.25) is 0 Å². The van der Waals surface area contributed by atoms with Crippen LogP contribution in [-0.4, -0.2) is 50.5 Å². The monoisotopic (exact) mass is 346 g/mol. The molecule has 1 aromatic rings. The molecule has 2 heterocycles. The van der Waals surface area contributed by atoms with Gasteiger partial charge in [-0.3, -0.25) is 14.6 Å². The number of hydrogen-bond acceptors (Lipinski definition) is 5. The van der Waals surface area contributed by atoms with E-state index in [1.165, 1.54) is 0 Å². The first-order chi connectivity index (χ1) is 12.0. The molecule has 3 rings (SSSR count). The topological polar surface area (TPSA) is 95.4 Å². The molecule has 2 aliphatic rings. The maximum atomic E-state index is 12.9. The first kappa shape index (κ1) is 17.6. The molecular formula is C18H26N4O3. The normalized spacial score (nSPS) is 29.9. The molecule has 0 spiro atoms. The number of nitrogens with zero attached hydrogens (tertiary/aromatic N) is 3. The summed E-state index contributed by atoms with van der Waals surface area (Å²) < 4.78 is 0. The molecule has 2 N–H and O–H groups in total. The van der Waals surface area contributed by atoms with Crippen molar-refractivity contribution in [3.8, 4) is 0 Å². The number of anilines is 1. The molecule has 1 aromatic heterocycles. The minimum Gasteiger partial charge on any atom is -0.481 e. The summed E-state index contributed by atoms with van der Waals surface area (Å²) in [6, 6.07) is 0.449. The number of amides is 1. The number of nitrogens with one attached hydrogen (secondary N) is 1. The Morgan fingerprint density at radius 1 is 1.12 bits per heavy atom. The molecule has 136 valence electrons. The summed E-state index contributed by atoms with van der Waals surface area (Å²) in [5, 5.41) is 12.6. The van der Waals surface area contributed by atoms with Gasteiger partial charge < -0.3 is 15.3 Å². The van der Waals surface area contributed by atoms with Crippen LogP contribution in [0.4, 0.5) is 5.82 Å². The zero-order valence-corrected chi connectivity index (χ0v) is 14.6. The number of aliphatic carboxylic acids is 1. The van der Waals surface area contributed by atoms with Gasteiger partial charge in [0.25, 0.3) is 0 Å². The smallest absolute Gasteiger partial charge is 0.308 e. The average Bonchev–Trinajstić information content (AvgIpc) is 2.63. The Hall–Kier alpha value is -2.18. The summed E-state index contributed by atoms with van der Waals surface area (Å²) in [4.78, 5) is 34.2. The van der Waals surface area contributed by atoms with Crippen molar-refractivity contribution in [2.75, 3.05) is 11.9 Å². The number of likely N-dealkylation sites (tertiary alicyclic amines) is 1. The number of hydrogen-bond donors (Lipinski definition) is 2. The lowest BCUT2D eigenvalue weighted by atomic mass is 9.83. The highest BCUT2D eigenvalue weighted by atomic mass is 16.4. The number of carbonyl (C=O) groups is 2. The number of carboxylic acid groups (broad SMARTS) is 1. The lowest BCUT2D eigenvalue weighted by molar-refractivity contribution is -0.149. The molecule has 2 atom stereocenters. The molecule has 1 saturated carbocycles. The van der Waals surface area contributed by atoms with Gasteiger partial charge in [-0.2, -0.15) is 0 Å². The summed E-state index contributed by atoms with van der Waals surface area (Å²) in [6.45, 7) is 2.38. The molecule has 0 radical (unpaired) electrons. The molecule has 0 aromatic carbocycles. The van der Waals surface area contributed by atoms with Crippen LogP contribution in [0, 0.1) is 11.8 Å². The number of aromatic nitrogens is 2. The van der Waals surface area contributed by atoms with Gasteiger partial charge in [-0.1, -0.05) is 0 Å². The van der Waals surface area contributed by atoms with Gasteiger partial charge in [-0.25, -0.2) is 4.98 Å². The first-order valence-electron chi connectivity index (χ1n) is 9.10. The second kappa shape index (κ2) is 7.80. The fourth-order valence-electron chi connectivity index (χ4n) is 3.92. The summed E-state index contributed by atoms with van der Waals surface area (Å²) >= 11 is 0. The Balaban J connectivity index is 1.53. The lowest BCUT2D eigenvalue weighted by Crippen LogP contribution is -2.50. The maximum absolute atomic E-state index is 12.9. The number of rotatable bonds is 4. The van der Waals surface area contributed by atoms with Crippen LogP contribution < -0.4 is 5.32 Å². The summed E-state index contributed by atoms with van der Waals surface area (Å²) in [6.07, 6.45) is 9.93. The average molecular weight is 346 g/mol. The van der Waals surface area contributed by atoms with Gasteiger partial charge in [-0.15, -0.1) is 0 Å². The predicted octanol–water partition coefficient (Wildman–Crippen LogP) is 2.16. The molecule has 2 fully saturated rings. The van der Waals surface area contributed by atoms with Crippen molar-refractivity contribution in [2.24, 2.45) is 11.8 Å². The van der Waals surface area contributed by atoms with Crippen molar-refractivity contribution in [2.45, 2.75) is 57.5 Å². The number of carboxylic acids is 1. The highest BCUT2D eigenvalue weighted by Crippen LogP contribution is 2.31. The minimum absolute atomic E-state index is 0.00917. The first-order valence-corrected chi connectivity index (χ1v) is 9.10. The second-order valence-corrected chi connectivity index (χ2v) is 7.24. The van der Waals surface area contributed by atoms with Crippen molar-refractivity contribution < 1.29 is 14.7 Å². The third-order valence-corrected chi connectivity index (χ3v) is 5.51. The van der Waals surface area contributed by atoms with Crippen molar-refractivity contribution in [3.63, 3.8) is 0 Å². The zero-order valence-electron chi connectivity index (χ0n) is 14.6. The maximum Gasteiger partial charge on any atom is 0.308 e. The van der Waals surface area contributed by atoms with Crippen LogP contribution in [0.1, 0.15) is 45.4 Å². The van der Waals surface area contributed by atoms with Gasteiger partial charge in [0.05, 0.1) is 12.1 Å². The van der Waals surface area contributed by atoms with Crippen molar-refractivity contribution in [1.29, 1.82) is 0 Å². The summed E-state index contributed by atoms with van der Waals surface area (Å²) in [5.41, 5.74) is 0. The van der Waals surface area contributed by atoms with Crippen LogP contribution in [0.3, 0.4) is 0 Å². The van der Waals surface area contributed by atoms with E-state index in [1.54, 1.807) is 18.6 Å². The molecular weight excluding hydrogens is 320 g/mol. The van der Waals surface area contributed by atoms with Crippen LogP contribution in [0.15, 0.2) is 18.6 Å². The van der Waals surface area contributed by atoms with Crippen LogP contribution in [0.25, 0.3) is 0 Å². The molecule has 1 saturated heterocycles. The largest absolute Gasteiger partial charge is 0.481 e. The number of carbonyl (C=O) groups excluding carboxylic acids is 1. The standard InChI is InChI=1S/C18H26N4O3/c1-12-2-3-14(18(24)25)11-22(12)17(23)13-4-6-15(7-5-13)21-16-10-19-8-9-20-16/h8-10,12-15H,2-7,11H2,1H3,(H,20,21)(H,24,25). The number of piperidine rings is 1. The Morgan fingerprint density at radius 2 is 1.84 bits per heavy atom. The van der Waals surface area contributed by atoms with Gasteiger partial charge in [0.1, 0.15) is 5.82 Å². The fraction of sp³-hybridized carbons (Fsp3) is 0.667. The Kier molecular flexibility index (Phi) is 5.50.